The van der Waals surface area contributed by atoms with Crippen molar-refractivity contribution in [3.63, 3.8) is 0 Å². The molecule has 2 aliphatic rings. The summed E-state index contributed by atoms with van der Waals surface area (Å²) >= 11 is 1.88. The lowest BCUT2D eigenvalue weighted by Crippen LogP contribution is -2.39. The van der Waals surface area contributed by atoms with Crippen molar-refractivity contribution in [3.8, 4) is 11.1 Å². The number of nitrogens with one attached hydrogen (secondary N) is 2. The molecule has 12 rings (SSSR count). The van der Waals surface area contributed by atoms with Crippen LogP contribution in [0.25, 0.3) is 70.4 Å². The molecule has 0 saturated carbocycles. The van der Waals surface area contributed by atoms with Crippen molar-refractivity contribution in [1.29, 1.82) is 0 Å². The van der Waals surface area contributed by atoms with Gasteiger partial charge >= 0.3 is 0 Å². The van der Waals surface area contributed by atoms with Crippen LogP contribution in [-0.2, 0) is 5.54 Å². The molecule has 1 aliphatic heterocycles. The maximum absolute atomic E-state index is 4.05. The molecule has 10 aromatic rings. The quantitative estimate of drug-likeness (QED) is 0.183. The van der Waals surface area contributed by atoms with Gasteiger partial charge in [-0.2, -0.15) is 0 Å². The first-order chi connectivity index (χ1) is 28.6. The Hall–Kier alpha value is -6.66. The molecule has 0 fully saturated rings. The van der Waals surface area contributed by atoms with Gasteiger partial charge in [0.15, 0.2) is 6.29 Å². The number of aromatic nitrogens is 2. The predicted molar refractivity (Wildman–Crippen MR) is 246 cm³/mol. The summed E-state index contributed by atoms with van der Waals surface area (Å²) in [7, 11) is 0. The Balaban J connectivity index is 0.968. The van der Waals surface area contributed by atoms with Gasteiger partial charge in [0.25, 0.3) is 0 Å². The van der Waals surface area contributed by atoms with Crippen LogP contribution in [0.3, 0.4) is 0 Å². The number of hydrogen-bond donors (Lipinski definition) is 2. The van der Waals surface area contributed by atoms with Gasteiger partial charge < -0.3 is 14.5 Å². The highest BCUT2D eigenvalue weighted by Gasteiger charge is 2.33. The van der Waals surface area contributed by atoms with Crippen molar-refractivity contribution < 1.29 is 0 Å². The second-order valence-corrected chi connectivity index (χ2v) is 17.1. The molecule has 1 aliphatic carbocycles. The van der Waals surface area contributed by atoms with Crippen LogP contribution in [0.15, 0.2) is 188 Å². The van der Waals surface area contributed by atoms with Gasteiger partial charge in [0.2, 0.25) is 0 Å². The fraction of sp³-hybridized carbons (Fsp3) is 0.0943. The van der Waals surface area contributed by atoms with E-state index >= 15 is 0 Å². The van der Waals surface area contributed by atoms with E-state index in [0.717, 1.165) is 6.42 Å². The van der Waals surface area contributed by atoms with Crippen LogP contribution >= 0.6 is 11.3 Å². The van der Waals surface area contributed by atoms with Crippen LogP contribution in [0.2, 0.25) is 0 Å². The third kappa shape index (κ3) is 5.10. The van der Waals surface area contributed by atoms with Gasteiger partial charge in [0.1, 0.15) is 0 Å². The molecule has 0 saturated heterocycles. The smallest absolute Gasteiger partial charge is 0.160 e. The summed E-state index contributed by atoms with van der Waals surface area (Å²) in [6, 6.07) is 62.3. The predicted octanol–water partition coefficient (Wildman–Crippen LogP) is 13.8. The second kappa shape index (κ2) is 12.9. The van der Waals surface area contributed by atoms with Gasteiger partial charge in [-0.15, -0.1) is 11.3 Å². The van der Waals surface area contributed by atoms with E-state index in [-0.39, 0.29) is 17.9 Å². The molecule has 0 radical (unpaired) electrons. The first-order valence-corrected chi connectivity index (χ1v) is 21.0. The van der Waals surface area contributed by atoms with Crippen LogP contribution in [0.1, 0.15) is 41.7 Å². The first kappa shape index (κ1) is 33.5. The summed E-state index contributed by atoms with van der Waals surface area (Å²) in [6.07, 6.45) is 7.86. The minimum atomic E-state index is -0.196. The van der Waals surface area contributed by atoms with Crippen molar-refractivity contribution in [2.45, 2.75) is 31.2 Å². The van der Waals surface area contributed by atoms with Crippen molar-refractivity contribution in [2.24, 2.45) is 0 Å². The number of para-hydroxylation sites is 2. The number of nitrogens with zero attached hydrogens (tertiary/aromatic N) is 2. The Labute approximate surface area is 341 Å². The maximum Gasteiger partial charge on any atom is 0.160 e. The fourth-order valence-corrected chi connectivity index (χ4v) is 11.0. The molecule has 7 aromatic carbocycles. The van der Waals surface area contributed by atoms with Crippen LogP contribution < -0.4 is 10.6 Å². The summed E-state index contributed by atoms with van der Waals surface area (Å²) < 4.78 is 6.32. The average Bonchev–Trinajstić information content (AvgIpc) is 3.94. The highest BCUT2D eigenvalue weighted by Crippen LogP contribution is 2.47. The highest BCUT2D eigenvalue weighted by atomic mass is 32.1. The standard InChI is InChI=1S/C53H40N4S/c1-53(30-28-35(29-31-53)34-14-4-2-5-15-34)57-46-22-12-9-19-40(46)43-33-38(25-27-47(43)57)37-24-26-45-42(32-37)39-18-8-11-21-44(39)56(45)52-54-49(36-16-6-3-7-17-36)51-50(55-52)41-20-10-13-23-48(41)58-51/h2-30,32-33,49,52,54-55H,31H2,1H3. The van der Waals surface area contributed by atoms with Gasteiger partial charge in [-0.3, -0.25) is 5.32 Å². The summed E-state index contributed by atoms with van der Waals surface area (Å²) in [5.41, 5.74) is 12.2. The van der Waals surface area contributed by atoms with E-state index in [1.165, 1.54) is 92.1 Å². The molecule has 3 unspecified atom stereocenters. The SMILES string of the molecule is CC1(n2c3ccccc3c3cc(-c4ccc5c(c4)c4ccccc4n5C4Nc5c(sc6ccccc56)C(c5ccccc5)N4)ccc32)C=CC(c2ccccc2)=CC1. The minimum Gasteiger partial charge on any atom is -0.351 e. The Morgan fingerprint density at radius 3 is 1.90 bits per heavy atom. The number of anilines is 1. The first-order valence-electron chi connectivity index (χ1n) is 20.2. The Morgan fingerprint density at radius 1 is 0.569 bits per heavy atom. The van der Waals surface area contributed by atoms with E-state index in [2.05, 4.69) is 215 Å². The lowest BCUT2D eigenvalue weighted by atomic mass is 9.87. The lowest BCUT2D eigenvalue weighted by molar-refractivity contribution is 0.422. The van der Waals surface area contributed by atoms with Gasteiger partial charge in [0.05, 0.1) is 33.2 Å². The van der Waals surface area contributed by atoms with E-state index < -0.39 is 0 Å². The van der Waals surface area contributed by atoms with E-state index in [1.54, 1.807) is 0 Å². The van der Waals surface area contributed by atoms with Crippen molar-refractivity contribution >= 4 is 76.3 Å². The fourth-order valence-electron chi connectivity index (χ4n) is 9.76. The Bertz CT molecular complexity index is 3290. The van der Waals surface area contributed by atoms with Gasteiger partial charge in [-0.25, -0.2) is 0 Å². The van der Waals surface area contributed by atoms with Gasteiger partial charge in [0, 0.05) is 42.7 Å². The van der Waals surface area contributed by atoms with E-state index in [1.807, 2.05) is 11.3 Å². The summed E-state index contributed by atoms with van der Waals surface area (Å²) in [5, 5.41) is 14.4. The number of fused-ring (bicyclic) bond motifs is 9. The van der Waals surface area contributed by atoms with Crippen LogP contribution in [-0.4, -0.2) is 9.13 Å². The van der Waals surface area contributed by atoms with Gasteiger partial charge in [-0.1, -0.05) is 146 Å². The molecular weight excluding hydrogens is 725 g/mol. The molecule has 0 bridgehead atoms. The summed E-state index contributed by atoms with van der Waals surface area (Å²) in [4.78, 5) is 1.32. The second-order valence-electron chi connectivity index (χ2n) is 16.0. The van der Waals surface area contributed by atoms with E-state index in [9.17, 15) is 0 Å². The molecule has 5 heteroatoms. The topological polar surface area (TPSA) is 33.9 Å². The number of benzene rings is 7. The average molecular weight is 765 g/mol. The number of allylic oxidation sites excluding steroid dienone is 4. The molecule has 58 heavy (non-hydrogen) atoms. The molecule has 2 N–H and O–H groups in total. The molecule has 0 spiro atoms. The lowest BCUT2D eigenvalue weighted by Gasteiger charge is -2.35. The van der Waals surface area contributed by atoms with Crippen molar-refractivity contribution in [2.75, 3.05) is 5.32 Å². The molecule has 4 nitrogen and oxygen atoms in total. The summed E-state index contributed by atoms with van der Waals surface area (Å²) in [6.45, 7) is 2.37. The Kier molecular flexibility index (Phi) is 7.47. The third-order valence-corrected chi connectivity index (χ3v) is 13.8. The third-order valence-electron chi connectivity index (χ3n) is 12.6. The number of rotatable bonds is 5. The van der Waals surface area contributed by atoms with Crippen LogP contribution in [0.4, 0.5) is 5.69 Å². The monoisotopic (exact) mass is 764 g/mol. The largest absolute Gasteiger partial charge is 0.351 e. The zero-order valence-corrected chi connectivity index (χ0v) is 32.9. The minimum absolute atomic E-state index is 0.0532. The normalized spacial score (nSPS) is 19.2. The van der Waals surface area contributed by atoms with Crippen molar-refractivity contribution in [3.05, 3.63) is 204 Å². The molecule has 0 amide bonds. The molecule has 3 atom stereocenters. The number of hydrogen-bond acceptors (Lipinski definition) is 3. The van der Waals surface area contributed by atoms with Crippen LogP contribution in [0, 0.1) is 0 Å². The highest BCUT2D eigenvalue weighted by molar-refractivity contribution is 7.20. The zero-order valence-electron chi connectivity index (χ0n) is 32.1. The Morgan fingerprint density at radius 2 is 1.16 bits per heavy atom. The summed E-state index contributed by atoms with van der Waals surface area (Å²) in [5.74, 6) is 0. The zero-order chi connectivity index (χ0) is 38.4. The van der Waals surface area contributed by atoms with Crippen LogP contribution in [0.5, 0.6) is 0 Å². The van der Waals surface area contributed by atoms with E-state index in [4.69, 9.17) is 0 Å². The maximum atomic E-state index is 4.05. The van der Waals surface area contributed by atoms with Gasteiger partial charge in [-0.05, 0) is 83.6 Å². The molecule has 4 heterocycles. The van der Waals surface area contributed by atoms with E-state index in [0.29, 0.717) is 0 Å². The molecular formula is C53H40N4S. The number of thiophene rings is 1. The molecule has 3 aromatic heterocycles. The molecule has 278 valence electrons. The van der Waals surface area contributed by atoms with Crippen molar-refractivity contribution in [1.82, 2.24) is 14.5 Å².